The quantitative estimate of drug-likeness (QED) is 0.489. The molecular weight excluding hydrogens is 382 g/mol. The highest BCUT2D eigenvalue weighted by atomic mass is 32.1. The van der Waals surface area contributed by atoms with Gasteiger partial charge in [-0.25, -0.2) is 14.8 Å². The second-order valence-corrected chi connectivity index (χ2v) is 7.95. The molecular formula is C19H15N3O3S2. The van der Waals surface area contributed by atoms with Crippen molar-refractivity contribution in [3.05, 3.63) is 74.1 Å². The van der Waals surface area contributed by atoms with Gasteiger partial charge in [0.2, 0.25) is 0 Å². The van der Waals surface area contributed by atoms with E-state index >= 15 is 0 Å². The van der Waals surface area contributed by atoms with Crippen LogP contribution in [0.1, 0.15) is 26.6 Å². The molecule has 0 unspecified atom stereocenters. The molecule has 0 saturated carbocycles. The van der Waals surface area contributed by atoms with Crippen LogP contribution in [0.4, 0.5) is 0 Å². The highest BCUT2D eigenvalue weighted by molar-refractivity contribution is 7.22. The monoisotopic (exact) mass is 397 g/mol. The molecule has 4 heterocycles. The Balaban J connectivity index is 1.54. The number of esters is 1. The minimum atomic E-state index is -0.460. The Morgan fingerprint density at radius 2 is 2.07 bits per heavy atom. The lowest BCUT2D eigenvalue weighted by Crippen LogP contribution is -2.16. The zero-order valence-electron chi connectivity index (χ0n) is 14.6. The van der Waals surface area contributed by atoms with Gasteiger partial charge in [0.1, 0.15) is 22.1 Å². The fourth-order valence-electron chi connectivity index (χ4n) is 2.63. The molecule has 0 bridgehead atoms. The number of hydrogen-bond acceptors (Lipinski definition) is 7. The van der Waals surface area contributed by atoms with E-state index in [1.807, 2.05) is 30.5 Å². The first-order chi connectivity index (χ1) is 13.0. The molecule has 0 aliphatic carbocycles. The second-order valence-electron chi connectivity index (χ2n) is 6.01. The molecule has 4 rings (SSSR count). The van der Waals surface area contributed by atoms with Crippen LogP contribution in [0.3, 0.4) is 0 Å². The predicted molar refractivity (Wildman–Crippen MR) is 105 cm³/mol. The number of carbonyl (C=O) groups excluding carboxylic acids is 1. The van der Waals surface area contributed by atoms with E-state index in [1.54, 1.807) is 30.5 Å². The Morgan fingerprint density at radius 1 is 1.22 bits per heavy atom. The van der Waals surface area contributed by atoms with Gasteiger partial charge >= 0.3 is 5.97 Å². The summed E-state index contributed by atoms with van der Waals surface area (Å²) < 4.78 is 6.85. The van der Waals surface area contributed by atoms with Gasteiger partial charge in [-0.15, -0.1) is 22.7 Å². The summed E-state index contributed by atoms with van der Waals surface area (Å²) in [6.45, 7) is 3.63. The summed E-state index contributed by atoms with van der Waals surface area (Å²) in [4.78, 5) is 35.0. The number of rotatable bonds is 4. The number of aromatic nitrogens is 3. The lowest BCUT2D eigenvalue weighted by Gasteiger charge is -2.06. The highest BCUT2D eigenvalue weighted by Crippen LogP contribution is 2.31. The summed E-state index contributed by atoms with van der Waals surface area (Å²) in [7, 11) is 0. The lowest BCUT2D eigenvalue weighted by molar-refractivity contribution is 0.0472. The van der Waals surface area contributed by atoms with Crippen LogP contribution >= 0.6 is 22.7 Å². The third-order valence-corrected chi connectivity index (χ3v) is 6.10. The molecule has 0 saturated heterocycles. The van der Waals surface area contributed by atoms with Crippen LogP contribution in [0.25, 0.3) is 15.5 Å². The number of aryl methyl sites for hydroxylation is 2. The second kappa shape index (κ2) is 7.05. The maximum atomic E-state index is 12.5. The van der Waals surface area contributed by atoms with Crippen molar-refractivity contribution in [2.75, 3.05) is 0 Å². The third kappa shape index (κ3) is 3.54. The Morgan fingerprint density at radius 3 is 2.85 bits per heavy atom. The molecule has 0 radical (unpaired) electrons. The number of hydrogen-bond donors (Lipinski definition) is 0. The number of thiophene rings is 1. The van der Waals surface area contributed by atoms with Crippen LogP contribution in [0.5, 0.6) is 0 Å². The van der Waals surface area contributed by atoms with Crippen LogP contribution < -0.4 is 5.56 Å². The Bertz CT molecular complexity index is 1190. The molecule has 0 atom stereocenters. The van der Waals surface area contributed by atoms with Gasteiger partial charge in [-0.05, 0) is 36.9 Å². The van der Waals surface area contributed by atoms with Gasteiger partial charge in [-0.1, -0.05) is 12.1 Å². The van der Waals surface area contributed by atoms with Gasteiger partial charge in [0.15, 0.2) is 0 Å². The first-order valence-electron chi connectivity index (χ1n) is 8.18. The first kappa shape index (κ1) is 17.6. The Kier molecular flexibility index (Phi) is 4.59. The summed E-state index contributed by atoms with van der Waals surface area (Å²) in [5.41, 5.74) is 2.33. The van der Waals surface area contributed by atoms with Crippen molar-refractivity contribution in [2.45, 2.75) is 20.5 Å². The van der Waals surface area contributed by atoms with Crippen molar-refractivity contribution in [1.82, 2.24) is 14.4 Å². The van der Waals surface area contributed by atoms with E-state index < -0.39 is 5.97 Å². The van der Waals surface area contributed by atoms with Crippen molar-refractivity contribution in [2.24, 2.45) is 0 Å². The number of pyridine rings is 1. The van der Waals surface area contributed by atoms with Gasteiger partial charge in [-0.3, -0.25) is 9.20 Å². The zero-order chi connectivity index (χ0) is 19.0. The van der Waals surface area contributed by atoms with Crippen molar-refractivity contribution >= 4 is 34.3 Å². The van der Waals surface area contributed by atoms with Crippen molar-refractivity contribution in [3.8, 4) is 9.88 Å². The number of thiazole rings is 1. The van der Waals surface area contributed by atoms with Gasteiger partial charge in [0, 0.05) is 12.3 Å². The number of nitrogens with zero attached hydrogens (tertiary/aromatic N) is 3. The molecule has 0 fully saturated rings. The molecule has 136 valence electrons. The van der Waals surface area contributed by atoms with Crippen molar-refractivity contribution in [3.63, 3.8) is 0 Å². The number of fused-ring (bicyclic) bond motifs is 1. The van der Waals surface area contributed by atoms with E-state index in [4.69, 9.17) is 4.74 Å². The smallest absolute Gasteiger partial charge is 0.350 e. The molecule has 27 heavy (non-hydrogen) atoms. The molecule has 0 spiro atoms. The number of ether oxygens (including phenoxy) is 1. The maximum absolute atomic E-state index is 12.5. The largest absolute Gasteiger partial charge is 0.455 e. The molecule has 8 heteroatoms. The average molecular weight is 397 g/mol. The summed E-state index contributed by atoms with van der Waals surface area (Å²) >= 11 is 2.88. The normalized spacial score (nSPS) is 11.0. The van der Waals surface area contributed by atoms with E-state index in [0.29, 0.717) is 21.9 Å². The van der Waals surface area contributed by atoms with Crippen molar-refractivity contribution in [1.29, 1.82) is 0 Å². The summed E-state index contributed by atoms with van der Waals surface area (Å²) in [6.07, 6.45) is 1.73. The zero-order valence-corrected chi connectivity index (χ0v) is 16.3. The van der Waals surface area contributed by atoms with E-state index in [9.17, 15) is 9.59 Å². The van der Waals surface area contributed by atoms with Crippen LogP contribution in [-0.4, -0.2) is 20.3 Å². The van der Waals surface area contributed by atoms with E-state index in [-0.39, 0.29) is 12.2 Å². The van der Waals surface area contributed by atoms with E-state index in [1.165, 1.54) is 21.8 Å². The van der Waals surface area contributed by atoms with Gasteiger partial charge in [0.05, 0.1) is 16.3 Å². The molecule has 4 aromatic heterocycles. The molecule has 4 aromatic rings. The summed E-state index contributed by atoms with van der Waals surface area (Å²) in [6, 6.07) is 8.94. The molecule has 0 amide bonds. The predicted octanol–water partition coefficient (Wildman–Crippen LogP) is 3.85. The molecule has 0 aliphatic heterocycles. The molecule has 0 aliphatic rings. The SMILES string of the molecule is Cc1ccc2nc(COC(=O)c3sc(-c4cccs4)nc3C)cc(=O)n2c1. The maximum Gasteiger partial charge on any atom is 0.350 e. The Hall–Kier alpha value is -2.84. The Labute approximate surface area is 162 Å². The first-order valence-corrected chi connectivity index (χ1v) is 9.88. The van der Waals surface area contributed by atoms with E-state index in [2.05, 4.69) is 9.97 Å². The van der Waals surface area contributed by atoms with Crippen LogP contribution in [0.15, 0.2) is 46.7 Å². The summed E-state index contributed by atoms with van der Waals surface area (Å²) in [5, 5.41) is 2.77. The average Bonchev–Trinajstić information content (AvgIpc) is 3.30. The van der Waals surface area contributed by atoms with Gasteiger partial charge in [-0.2, -0.15) is 0 Å². The molecule has 0 aromatic carbocycles. The van der Waals surface area contributed by atoms with Gasteiger partial charge < -0.3 is 4.74 Å². The van der Waals surface area contributed by atoms with Crippen LogP contribution in [0, 0.1) is 13.8 Å². The van der Waals surface area contributed by atoms with Gasteiger partial charge in [0.25, 0.3) is 5.56 Å². The van der Waals surface area contributed by atoms with Crippen LogP contribution in [-0.2, 0) is 11.3 Å². The fraction of sp³-hybridized carbons (Fsp3) is 0.158. The summed E-state index contributed by atoms with van der Waals surface area (Å²) in [5.74, 6) is -0.460. The lowest BCUT2D eigenvalue weighted by atomic mass is 10.3. The number of carbonyl (C=O) groups is 1. The van der Waals surface area contributed by atoms with E-state index in [0.717, 1.165) is 15.4 Å². The standard InChI is InChI=1S/C19H15N3O3S2/c1-11-5-6-15-21-13(8-16(23)22(15)9-11)10-25-19(24)17-12(2)20-18(27-17)14-4-3-7-26-14/h3-9H,10H2,1-2H3. The minimum absolute atomic E-state index is 0.0654. The van der Waals surface area contributed by atoms with Crippen molar-refractivity contribution < 1.29 is 9.53 Å². The topological polar surface area (TPSA) is 73.6 Å². The molecule has 6 nitrogen and oxygen atoms in total. The minimum Gasteiger partial charge on any atom is -0.455 e. The highest BCUT2D eigenvalue weighted by Gasteiger charge is 2.18. The third-order valence-electron chi connectivity index (χ3n) is 3.93. The van der Waals surface area contributed by atoms with Crippen LogP contribution in [0.2, 0.25) is 0 Å². The molecule has 0 N–H and O–H groups in total. The fourth-order valence-corrected chi connectivity index (χ4v) is 4.39.